The summed E-state index contributed by atoms with van der Waals surface area (Å²) in [5, 5.41) is 0. The summed E-state index contributed by atoms with van der Waals surface area (Å²) in [5.41, 5.74) is 6.18. The van der Waals surface area contributed by atoms with Gasteiger partial charge in [0.25, 0.3) is 0 Å². The second-order valence-corrected chi connectivity index (χ2v) is 7.97. The molecule has 5 rings (SSSR count). The molecule has 0 unspecified atom stereocenters. The molecule has 1 aromatic carbocycles. The average Bonchev–Trinajstić information content (AvgIpc) is 3.29. The van der Waals surface area contributed by atoms with E-state index in [1.165, 1.54) is 36.3 Å². The molecule has 0 spiro atoms. The Hall–Kier alpha value is -2.46. The van der Waals surface area contributed by atoms with E-state index in [0.717, 1.165) is 36.7 Å². The van der Waals surface area contributed by atoms with E-state index in [9.17, 15) is 0 Å². The van der Waals surface area contributed by atoms with Crippen LogP contribution in [-0.4, -0.2) is 54.4 Å². The summed E-state index contributed by atoms with van der Waals surface area (Å²) in [5.74, 6) is 0. The van der Waals surface area contributed by atoms with Gasteiger partial charge in [0.15, 0.2) is 0 Å². The zero-order valence-corrected chi connectivity index (χ0v) is 15.9. The molecule has 4 nitrogen and oxygen atoms in total. The van der Waals surface area contributed by atoms with Crippen molar-refractivity contribution in [2.24, 2.45) is 4.99 Å². The molecule has 0 aliphatic carbocycles. The van der Waals surface area contributed by atoms with E-state index >= 15 is 0 Å². The molecule has 27 heavy (non-hydrogen) atoms. The number of allylic oxidation sites excluding steroid dienone is 1. The first-order chi connectivity index (χ1) is 13.3. The van der Waals surface area contributed by atoms with Crippen LogP contribution in [-0.2, 0) is 0 Å². The third-order valence-corrected chi connectivity index (χ3v) is 6.19. The number of aromatic nitrogens is 1. The average molecular weight is 358 g/mol. The minimum Gasteiger partial charge on any atom is -0.366 e. The highest BCUT2D eigenvalue weighted by Gasteiger charge is 2.41. The second kappa shape index (κ2) is 6.93. The lowest BCUT2D eigenvalue weighted by Gasteiger charge is -2.33. The molecule has 4 heterocycles. The van der Waals surface area contributed by atoms with Crippen LogP contribution in [0.4, 0.5) is 5.69 Å². The van der Waals surface area contributed by atoms with E-state index in [4.69, 9.17) is 4.99 Å². The van der Waals surface area contributed by atoms with Crippen LogP contribution >= 0.6 is 0 Å². The van der Waals surface area contributed by atoms with Crippen molar-refractivity contribution < 1.29 is 0 Å². The Bertz CT molecular complexity index is 867. The molecule has 138 valence electrons. The summed E-state index contributed by atoms with van der Waals surface area (Å²) >= 11 is 0. The van der Waals surface area contributed by atoms with E-state index in [0.29, 0.717) is 6.04 Å². The van der Waals surface area contributed by atoms with Crippen molar-refractivity contribution in [2.45, 2.75) is 31.3 Å². The molecule has 0 saturated carbocycles. The van der Waals surface area contributed by atoms with E-state index < -0.39 is 0 Å². The highest BCUT2D eigenvalue weighted by Crippen LogP contribution is 2.34. The fourth-order valence-electron chi connectivity index (χ4n) is 4.75. The number of likely N-dealkylation sites (tertiary alicyclic amines) is 1. The highest BCUT2D eigenvalue weighted by molar-refractivity contribution is 6.15. The minimum absolute atomic E-state index is 0.687. The van der Waals surface area contributed by atoms with E-state index in [2.05, 4.69) is 58.2 Å². The summed E-state index contributed by atoms with van der Waals surface area (Å²) in [4.78, 5) is 14.1. The van der Waals surface area contributed by atoms with Crippen molar-refractivity contribution in [1.82, 2.24) is 9.88 Å². The van der Waals surface area contributed by atoms with E-state index in [1.807, 2.05) is 18.5 Å². The lowest BCUT2D eigenvalue weighted by molar-refractivity contribution is 0.292. The number of piperazine rings is 1. The van der Waals surface area contributed by atoms with Crippen LogP contribution in [0.5, 0.6) is 0 Å². The number of benzene rings is 1. The zero-order valence-electron chi connectivity index (χ0n) is 15.9. The van der Waals surface area contributed by atoms with Crippen molar-refractivity contribution in [3.8, 4) is 0 Å². The van der Waals surface area contributed by atoms with Gasteiger partial charge in [-0.1, -0.05) is 12.1 Å². The number of hydrogen-bond acceptors (Lipinski definition) is 4. The number of aliphatic imine (C=N–C) groups is 1. The van der Waals surface area contributed by atoms with Crippen molar-refractivity contribution in [2.75, 3.05) is 31.6 Å². The van der Waals surface area contributed by atoms with Crippen molar-refractivity contribution in [3.05, 3.63) is 65.5 Å². The lowest BCUT2D eigenvalue weighted by atomic mass is 9.95. The Morgan fingerprint density at radius 3 is 2.67 bits per heavy atom. The monoisotopic (exact) mass is 358 g/mol. The van der Waals surface area contributed by atoms with Crippen molar-refractivity contribution in [3.63, 3.8) is 0 Å². The maximum atomic E-state index is 4.79. The number of hydrogen-bond donors (Lipinski definition) is 0. The molecule has 3 aliphatic rings. The maximum Gasteiger partial charge on any atom is 0.0694 e. The molecule has 2 saturated heterocycles. The second-order valence-electron chi connectivity index (χ2n) is 7.97. The Balaban J connectivity index is 1.37. The quantitative estimate of drug-likeness (QED) is 0.839. The number of nitrogens with zero attached hydrogens (tertiary/aromatic N) is 4. The van der Waals surface area contributed by atoms with Gasteiger partial charge in [0, 0.05) is 55.4 Å². The summed E-state index contributed by atoms with van der Waals surface area (Å²) in [7, 11) is 2.25. The highest BCUT2D eigenvalue weighted by atomic mass is 15.3. The number of fused-ring (bicyclic) bond motifs is 2. The fraction of sp³-hybridized carbons (Fsp3) is 0.391. The predicted octanol–water partition coefficient (Wildman–Crippen LogP) is 3.64. The SMILES string of the molecule is CN1C[C@@H]2C[C@H]1CN2c1ccc(C=C2CCCN=C2c2cccnc2)cc1. The lowest BCUT2D eigenvalue weighted by Crippen LogP contribution is -2.44. The maximum absolute atomic E-state index is 4.79. The molecule has 1 aromatic heterocycles. The Morgan fingerprint density at radius 2 is 1.96 bits per heavy atom. The third kappa shape index (κ3) is 3.19. The standard InChI is InChI=1S/C23H26N4/c1-26-15-22-13-21(26)16-27(22)20-8-6-17(7-9-20)12-18-4-3-11-25-23(18)19-5-2-10-24-14-19/h2,5-10,12,14,21-22H,3-4,11,13,15-16H2,1H3/t21-,22-/m0/s1. The summed E-state index contributed by atoms with van der Waals surface area (Å²) in [6.07, 6.45) is 9.56. The molecule has 2 bridgehead atoms. The Labute approximate surface area is 161 Å². The Morgan fingerprint density at radius 1 is 1.07 bits per heavy atom. The van der Waals surface area contributed by atoms with E-state index in [-0.39, 0.29) is 0 Å². The predicted molar refractivity (Wildman–Crippen MR) is 111 cm³/mol. The molecule has 2 atom stereocenters. The van der Waals surface area contributed by atoms with Crippen LogP contribution in [0.3, 0.4) is 0 Å². The van der Waals surface area contributed by atoms with Crippen LogP contribution in [0.25, 0.3) is 6.08 Å². The van der Waals surface area contributed by atoms with Gasteiger partial charge in [-0.25, -0.2) is 0 Å². The van der Waals surface area contributed by atoms with E-state index in [1.54, 1.807) is 0 Å². The van der Waals surface area contributed by atoms with Crippen LogP contribution in [0.15, 0.2) is 59.4 Å². The normalized spacial score (nSPS) is 26.6. The first-order valence-corrected chi connectivity index (χ1v) is 10.0. The van der Waals surface area contributed by atoms with Crippen molar-refractivity contribution in [1.29, 1.82) is 0 Å². The van der Waals surface area contributed by atoms with Crippen molar-refractivity contribution >= 4 is 17.5 Å². The molecular formula is C23H26N4. The van der Waals surface area contributed by atoms with Crippen LogP contribution in [0.1, 0.15) is 30.4 Å². The van der Waals surface area contributed by atoms with Gasteiger partial charge >= 0.3 is 0 Å². The summed E-state index contributed by atoms with van der Waals surface area (Å²) < 4.78 is 0. The largest absolute Gasteiger partial charge is 0.366 e. The third-order valence-electron chi connectivity index (χ3n) is 6.19. The molecular weight excluding hydrogens is 332 g/mol. The first-order valence-electron chi connectivity index (χ1n) is 10.0. The summed E-state index contributed by atoms with van der Waals surface area (Å²) in [6.45, 7) is 3.27. The van der Waals surface area contributed by atoms with Gasteiger partial charge in [-0.3, -0.25) is 14.9 Å². The fourth-order valence-corrected chi connectivity index (χ4v) is 4.75. The molecule has 3 aliphatic heterocycles. The topological polar surface area (TPSA) is 31.7 Å². The molecule has 2 fully saturated rings. The molecule has 2 aromatic rings. The molecule has 0 amide bonds. The Kier molecular flexibility index (Phi) is 4.29. The number of pyridine rings is 1. The van der Waals surface area contributed by atoms with Gasteiger partial charge in [-0.15, -0.1) is 0 Å². The van der Waals surface area contributed by atoms with Crippen LogP contribution in [0.2, 0.25) is 0 Å². The summed E-state index contributed by atoms with van der Waals surface area (Å²) in [6, 6.07) is 14.6. The number of likely N-dealkylation sites (N-methyl/N-ethyl adjacent to an activating group) is 1. The number of rotatable bonds is 3. The van der Waals surface area contributed by atoms with Crippen LogP contribution < -0.4 is 4.90 Å². The number of anilines is 1. The van der Waals surface area contributed by atoms with Gasteiger partial charge in [0.1, 0.15) is 0 Å². The molecule has 4 heteroatoms. The van der Waals surface area contributed by atoms with Gasteiger partial charge in [0.05, 0.1) is 5.71 Å². The minimum atomic E-state index is 0.687. The van der Waals surface area contributed by atoms with Gasteiger partial charge in [-0.2, -0.15) is 0 Å². The molecule has 0 N–H and O–H groups in total. The van der Waals surface area contributed by atoms with Gasteiger partial charge in [0.2, 0.25) is 0 Å². The first kappa shape index (κ1) is 16.7. The van der Waals surface area contributed by atoms with Gasteiger partial charge < -0.3 is 4.90 Å². The smallest absolute Gasteiger partial charge is 0.0694 e. The molecule has 0 radical (unpaired) electrons. The van der Waals surface area contributed by atoms with Gasteiger partial charge in [-0.05, 0) is 67.8 Å². The zero-order chi connectivity index (χ0) is 18.2. The van der Waals surface area contributed by atoms with Crippen LogP contribution in [0, 0.1) is 0 Å².